The number of anilines is 1. The third-order valence-electron chi connectivity index (χ3n) is 2.78. The van der Waals surface area contributed by atoms with Gasteiger partial charge in [-0.15, -0.1) is 11.8 Å². The van der Waals surface area contributed by atoms with E-state index in [4.69, 9.17) is 5.11 Å². The predicted octanol–water partition coefficient (Wildman–Crippen LogP) is 1.98. The summed E-state index contributed by atoms with van der Waals surface area (Å²) in [7, 11) is 1.94. The first-order chi connectivity index (χ1) is 8.22. The molecular weight excluding hydrogens is 234 g/mol. The molecule has 1 aromatic carbocycles. The average molecular weight is 255 g/mol. The second-order valence-electron chi connectivity index (χ2n) is 3.89. The Morgan fingerprint density at radius 1 is 1.24 bits per heavy atom. The molecule has 0 aliphatic rings. The van der Waals surface area contributed by atoms with Gasteiger partial charge < -0.3 is 15.1 Å². The summed E-state index contributed by atoms with van der Waals surface area (Å²) in [4.78, 5) is 3.27. The molecule has 0 aromatic heterocycles. The number of aliphatic hydroxyl groups excluding tert-OH is 2. The lowest BCUT2D eigenvalue weighted by Gasteiger charge is -2.28. The Hall–Kier alpha value is -0.710. The van der Waals surface area contributed by atoms with Gasteiger partial charge >= 0.3 is 0 Å². The number of benzene rings is 1. The van der Waals surface area contributed by atoms with Crippen molar-refractivity contribution in [1.82, 2.24) is 0 Å². The Morgan fingerprint density at radius 3 is 2.35 bits per heavy atom. The Balaban J connectivity index is 2.70. The van der Waals surface area contributed by atoms with Crippen LogP contribution in [-0.4, -0.2) is 42.3 Å². The fraction of sp³-hybridized carbons (Fsp3) is 0.538. The smallest absolute Gasteiger partial charge is 0.0635 e. The Labute approximate surface area is 107 Å². The molecule has 4 heteroatoms. The molecule has 2 N–H and O–H groups in total. The lowest BCUT2D eigenvalue weighted by Crippen LogP contribution is -2.35. The molecule has 0 saturated heterocycles. The standard InChI is InChI=1S/C13H21NO2S/c1-3-17-13-6-4-11(5-7-13)14(2)12(10-16)8-9-15/h4-7,12,15-16H,3,8-10H2,1-2H3. The average Bonchev–Trinajstić information content (AvgIpc) is 2.36. The Bertz CT molecular complexity index is 316. The van der Waals surface area contributed by atoms with Crippen molar-refractivity contribution >= 4 is 17.4 Å². The highest BCUT2D eigenvalue weighted by molar-refractivity contribution is 7.99. The number of hydrogen-bond acceptors (Lipinski definition) is 4. The highest BCUT2D eigenvalue weighted by Gasteiger charge is 2.13. The normalized spacial score (nSPS) is 12.5. The van der Waals surface area contributed by atoms with Gasteiger partial charge in [-0.1, -0.05) is 6.92 Å². The second-order valence-corrected chi connectivity index (χ2v) is 5.22. The zero-order valence-electron chi connectivity index (χ0n) is 10.5. The Kier molecular flexibility index (Phi) is 6.40. The first kappa shape index (κ1) is 14.4. The predicted molar refractivity (Wildman–Crippen MR) is 73.8 cm³/mol. The van der Waals surface area contributed by atoms with Gasteiger partial charge in [-0.25, -0.2) is 0 Å². The van der Waals surface area contributed by atoms with Gasteiger partial charge in [0, 0.05) is 24.2 Å². The summed E-state index contributed by atoms with van der Waals surface area (Å²) in [5, 5.41) is 18.2. The molecule has 96 valence electrons. The topological polar surface area (TPSA) is 43.7 Å². The van der Waals surface area contributed by atoms with Gasteiger partial charge in [0.05, 0.1) is 12.6 Å². The molecule has 0 saturated carbocycles. The van der Waals surface area contributed by atoms with E-state index in [1.165, 1.54) is 4.90 Å². The largest absolute Gasteiger partial charge is 0.396 e. The van der Waals surface area contributed by atoms with Crippen LogP contribution in [0.25, 0.3) is 0 Å². The van der Waals surface area contributed by atoms with Crippen molar-refractivity contribution in [3.8, 4) is 0 Å². The van der Waals surface area contributed by atoms with E-state index in [2.05, 4.69) is 31.2 Å². The van der Waals surface area contributed by atoms with Gasteiger partial charge in [-0.2, -0.15) is 0 Å². The number of nitrogens with zero attached hydrogens (tertiary/aromatic N) is 1. The van der Waals surface area contributed by atoms with Crippen LogP contribution < -0.4 is 4.90 Å². The van der Waals surface area contributed by atoms with E-state index >= 15 is 0 Å². The molecule has 0 spiro atoms. The molecule has 0 aliphatic carbocycles. The van der Waals surface area contributed by atoms with Gasteiger partial charge in [-0.3, -0.25) is 0 Å². The van der Waals surface area contributed by atoms with E-state index in [0.29, 0.717) is 6.42 Å². The molecule has 0 amide bonds. The molecule has 0 heterocycles. The van der Waals surface area contributed by atoms with E-state index in [1.54, 1.807) is 0 Å². The van der Waals surface area contributed by atoms with Gasteiger partial charge in [0.15, 0.2) is 0 Å². The van der Waals surface area contributed by atoms with Gasteiger partial charge in [0.2, 0.25) is 0 Å². The lowest BCUT2D eigenvalue weighted by molar-refractivity contribution is 0.218. The monoisotopic (exact) mass is 255 g/mol. The van der Waals surface area contributed by atoms with Crippen molar-refractivity contribution < 1.29 is 10.2 Å². The van der Waals surface area contributed by atoms with Gasteiger partial charge in [0.1, 0.15) is 0 Å². The molecule has 0 aliphatic heterocycles. The minimum Gasteiger partial charge on any atom is -0.396 e. The van der Waals surface area contributed by atoms with Crippen LogP contribution in [0.5, 0.6) is 0 Å². The first-order valence-corrected chi connectivity index (χ1v) is 6.88. The third kappa shape index (κ3) is 4.22. The van der Waals surface area contributed by atoms with E-state index in [0.717, 1.165) is 11.4 Å². The zero-order valence-corrected chi connectivity index (χ0v) is 11.3. The van der Waals surface area contributed by atoms with Crippen LogP contribution in [0.1, 0.15) is 13.3 Å². The lowest BCUT2D eigenvalue weighted by atomic mass is 10.2. The maximum Gasteiger partial charge on any atom is 0.0635 e. The molecule has 17 heavy (non-hydrogen) atoms. The summed E-state index contributed by atoms with van der Waals surface area (Å²) in [6.45, 7) is 2.29. The highest BCUT2D eigenvalue weighted by atomic mass is 32.2. The molecule has 0 bridgehead atoms. The second kappa shape index (κ2) is 7.58. The Morgan fingerprint density at radius 2 is 1.88 bits per heavy atom. The molecular formula is C13H21NO2S. The minimum atomic E-state index is -0.0234. The number of aliphatic hydroxyl groups is 2. The van der Waals surface area contributed by atoms with Gasteiger partial charge in [0.25, 0.3) is 0 Å². The first-order valence-electron chi connectivity index (χ1n) is 5.90. The van der Waals surface area contributed by atoms with E-state index in [9.17, 15) is 5.11 Å². The van der Waals surface area contributed by atoms with Crippen molar-refractivity contribution in [2.45, 2.75) is 24.3 Å². The van der Waals surface area contributed by atoms with E-state index in [1.807, 2.05) is 23.7 Å². The molecule has 1 atom stereocenters. The van der Waals surface area contributed by atoms with Crippen molar-refractivity contribution in [1.29, 1.82) is 0 Å². The molecule has 1 aromatic rings. The summed E-state index contributed by atoms with van der Waals surface area (Å²) < 4.78 is 0. The summed E-state index contributed by atoms with van der Waals surface area (Å²) >= 11 is 1.81. The number of likely N-dealkylation sites (N-methyl/N-ethyl adjacent to an activating group) is 1. The van der Waals surface area contributed by atoms with Crippen LogP contribution in [0.15, 0.2) is 29.2 Å². The van der Waals surface area contributed by atoms with Crippen LogP contribution in [0.4, 0.5) is 5.69 Å². The van der Waals surface area contributed by atoms with Crippen molar-refractivity contribution in [2.75, 3.05) is 30.9 Å². The quantitative estimate of drug-likeness (QED) is 0.731. The molecule has 1 unspecified atom stereocenters. The highest BCUT2D eigenvalue weighted by Crippen LogP contribution is 2.23. The van der Waals surface area contributed by atoms with Gasteiger partial charge in [-0.05, 0) is 36.4 Å². The zero-order chi connectivity index (χ0) is 12.7. The molecule has 0 radical (unpaired) electrons. The fourth-order valence-electron chi connectivity index (χ4n) is 1.71. The van der Waals surface area contributed by atoms with Crippen LogP contribution in [-0.2, 0) is 0 Å². The van der Waals surface area contributed by atoms with E-state index in [-0.39, 0.29) is 19.3 Å². The van der Waals surface area contributed by atoms with Crippen LogP contribution in [0, 0.1) is 0 Å². The molecule has 3 nitrogen and oxygen atoms in total. The van der Waals surface area contributed by atoms with Crippen LogP contribution in [0.2, 0.25) is 0 Å². The maximum absolute atomic E-state index is 9.27. The molecule has 1 rings (SSSR count). The SMILES string of the molecule is CCSc1ccc(N(C)C(CO)CCO)cc1. The third-order valence-corrected chi connectivity index (χ3v) is 3.67. The van der Waals surface area contributed by atoms with Crippen molar-refractivity contribution in [2.24, 2.45) is 0 Å². The molecule has 0 fully saturated rings. The number of rotatable bonds is 7. The summed E-state index contributed by atoms with van der Waals surface area (Å²) in [6, 6.07) is 8.27. The number of hydrogen-bond donors (Lipinski definition) is 2. The summed E-state index contributed by atoms with van der Waals surface area (Å²) in [5.41, 5.74) is 1.07. The number of thioether (sulfide) groups is 1. The minimum absolute atomic E-state index is 0.0234. The van der Waals surface area contributed by atoms with Crippen molar-refractivity contribution in [3.05, 3.63) is 24.3 Å². The maximum atomic E-state index is 9.27. The van der Waals surface area contributed by atoms with Crippen LogP contribution in [0.3, 0.4) is 0 Å². The fourth-order valence-corrected chi connectivity index (χ4v) is 2.37. The van der Waals surface area contributed by atoms with Crippen LogP contribution >= 0.6 is 11.8 Å². The summed E-state index contributed by atoms with van der Waals surface area (Å²) in [6.07, 6.45) is 0.582. The van der Waals surface area contributed by atoms with E-state index < -0.39 is 0 Å². The summed E-state index contributed by atoms with van der Waals surface area (Å²) in [5.74, 6) is 1.07. The van der Waals surface area contributed by atoms with Crippen molar-refractivity contribution in [3.63, 3.8) is 0 Å².